The van der Waals surface area contributed by atoms with Crippen LogP contribution in [0.15, 0.2) is 48.6 Å². The van der Waals surface area contributed by atoms with Crippen molar-refractivity contribution in [2.24, 2.45) is 0 Å². The third-order valence-corrected chi connectivity index (χ3v) is 21.8. The average molecular weight is 1460 g/mol. The fourth-order valence-electron chi connectivity index (χ4n) is 13.9. The zero-order valence-electron chi connectivity index (χ0n) is 69.1. The van der Waals surface area contributed by atoms with E-state index in [9.17, 15) is 19.0 Å². The van der Waals surface area contributed by atoms with Crippen LogP contribution in [0, 0.1) is 0 Å². The molecule has 0 fully saturated rings. The summed E-state index contributed by atoms with van der Waals surface area (Å²) in [6, 6.07) is 0. The molecule has 2 atom stereocenters. The van der Waals surface area contributed by atoms with Crippen LogP contribution >= 0.6 is 7.82 Å². The molecular formula is C92H176NO8P. The van der Waals surface area contributed by atoms with E-state index in [4.69, 9.17) is 18.5 Å². The van der Waals surface area contributed by atoms with E-state index in [-0.39, 0.29) is 32.0 Å². The lowest BCUT2D eigenvalue weighted by atomic mass is 10.0. The number of hydrogen-bond acceptors (Lipinski definition) is 8. The molecule has 0 rings (SSSR count). The van der Waals surface area contributed by atoms with Crippen molar-refractivity contribution in [3.63, 3.8) is 0 Å². The number of phosphoric acid groups is 1. The molecule has 0 aromatic carbocycles. The summed E-state index contributed by atoms with van der Waals surface area (Å²) in [6.07, 6.45) is 111. The lowest BCUT2D eigenvalue weighted by Crippen LogP contribution is -2.37. The number of phosphoric ester groups is 1. The number of quaternary nitrogens is 1. The summed E-state index contributed by atoms with van der Waals surface area (Å²) in [4.78, 5) is 38.3. The molecule has 0 aromatic rings. The minimum Gasteiger partial charge on any atom is -0.756 e. The molecule has 602 valence electrons. The molecule has 0 heterocycles. The van der Waals surface area contributed by atoms with Gasteiger partial charge in [0.15, 0.2) is 6.10 Å². The molecule has 9 nitrogen and oxygen atoms in total. The highest BCUT2D eigenvalue weighted by Crippen LogP contribution is 2.38. The van der Waals surface area contributed by atoms with E-state index >= 15 is 0 Å². The Morgan fingerprint density at radius 2 is 0.529 bits per heavy atom. The van der Waals surface area contributed by atoms with Gasteiger partial charge >= 0.3 is 11.9 Å². The second-order valence-corrected chi connectivity index (χ2v) is 33.7. The highest BCUT2D eigenvalue weighted by molar-refractivity contribution is 7.45. The zero-order chi connectivity index (χ0) is 74.0. The van der Waals surface area contributed by atoms with Crippen molar-refractivity contribution >= 4 is 19.8 Å². The van der Waals surface area contributed by atoms with Crippen LogP contribution in [-0.4, -0.2) is 70.0 Å². The summed E-state index contributed by atoms with van der Waals surface area (Å²) < 4.78 is 34.5. The summed E-state index contributed by atoms with van der Waals surface area (Å²) in [7, 11) is 1.19. The van der Waals surface area contributed by atoms with E-state index in [1.807, 2.05) is 21.1 Å². The molecule has 0 spiro atoms. The number of unbranched alkanes of at least 4 members (excludes halogenated alkanes) is 64. The van der Waals surface area contributed by atoms with Crippen LogP contribution in [-0.2, 0) is 32.7 Å². The zero-order valence-corrected chi connectivity index (χ0v) is 70.0. The van der Waals surface area contributed by atoms with Gasteiger partial charge in [-0.3, -0.25) is 14.2 Å². The van der Waals surface area contributed by atoms with Crippen molar-refractivity contribution < 1.29 is 42.1 Å². The Morgan fingerprint density at radius 1 is 0.304 bits per heavy atom. The predicted molar refractivity (Wildman–Crippen MR) is 444 cm³/mol. The lowest BCUT2D eigenvalue weighted by molar-refractivity contribution is -0.870. The van der Waals surface area contributed by atoms with Gasteiger partial charge in [-0.05, 0) is 77.0 Å². The number of hydrogen-bond donors (Lipinski definition) is 0. The Morgan fingerprint density at radius 3 is 0.775 bits per heavy atom. The van der Waals surface area contributed by atoms with Gasteiger partial charge in [0, 0.05) is 12.8 Å². The molecule has 0 bridgehead atoms. The molecule has 10 heteroatoms. The highest BCUT2D eigenvalue weighted by atomic mass is 31.2. The first-order chi connectivity index (χ1) is 50.0. The van der Waals surface area contributed by atoms with E-state index in [1.165, 1.54) is 398 Å². The number of ether oxygens (including phenoxy) is 2. The molecule has 0 aliphatic heterocycles. The number of esters is 2. The number of nitrogens with zero attached hydrogens (tertiary/aromatic N) is 1. The van der Waals surface area contributed by atoms with Gasteiger partial charge in [-0.25, -0.2) is 0 Å². The number of carbonyl (C=O) groups is 2. The molecule has 0 N–H and O–H groups in total. The minimum absolute atomic E-state index is 0.0270. The molecule has 102 heavy (non-hydrogen) atoms. The molecule has 0 saturated carbocycles. The van der Waals surface area contributed by atoms with Crippen LogP contribution in [0.4, 0.5) is 0 Å². The van der Waals surface area contributed by atoms with Crippen molar-refractivity contribution in [2.75, 3.05) is 47.5 Å². The molecule has 0 amide bonds. The molecule has 0 radical (unpaired) electrons. The fraction of sp³-hybridized carbons (Fsp3) is 0.891. The van der Waals surface area contributed by atoms with E-state index in [0.29, 0.717) is 17.4 Å². The lowest BCUT2D eigenvalue weighted by Gasteiger charge is -2.28. The maximum absolute atomic E-state index is 12.9. The second kappa shape index (κ2) is 83.0. The summed E-state index contributed by atoms with van der Waals surface area (Å²) in [5.41, 5.74) is 0. The first-order valence-electron chi connectivity index (χ1n) is 45.3. The monoisotopic (exact) mass is 1450 g/mol. The van der Waals surface area contributed by atoms with Gasteiger partial charge in [-0.2, -0.15) is 0 Å². The summed E-state index contributed by atoms with van der Waals surface area (Å²) in [6.45, 7) is 4.31. The van der Waals surface area contributed by atoms with Gasteiger partial charge in [-0.1, -0.05) is 435 Å². The average Bonchev–Trinajstić information content (AvgIpc) is 0.916. The summed E-state index contributed by atoms with van der Waals surface area (Å²) in [5, 5.41) is 0. The van der Waals surface area contributed by atoms with Gasteiger partial charge in [0.25, 0.3) is 7.82 Å². The normalized spacial score (nSPS) is 13.1. The van der Waals surface area contributed by atoms with E-state index < -0.39 is 26.5 Å². The van der Waals surface area contributed by atoms with Gasteiger partial charge in [0.2, 0.25) is 0 Å². The van der Waals surface area contributed by atoms with Crippen LogP contribution in [0.25, 0.3) is 0 Å². The number of allylic oxidation sites excluding steroid dienone is 8. The maximum atomic E-state index is 12.9. The number of likely N-dealkylation sites (N-methyl/N-ethyl adjacent to an activating group) is 1. The van der Waals surface area contributed by atoms with Crippen molar-refractivity contribution in [2.45, 2.75) is 482 Å². The van der Waals surface area contributed by atoms with Gasteiger partial charge in [0.1, 0.15) is 19.8 Å². The second-order valence-electron chi connectivity index (χ2n) is 32.3. The summed E-state index contributed by atoms with van der Waals surface area (Å²) >= 11 is 0. The first kappa shape index (κ1) is 100.0. The standard InChI is InChI=1S/C92H176NO8P/c1-6-8-10-12-14-16-18-20-22-24-26-28-30-32-34-36-38-40-42-44-45-46-47-49-51-53-55-57-59-61-63-65-67-69-71-73-75-77-79-81-83-85-92(95)101-90(89-100-102(96,97)99-87-86-93(3,4)5)88-98-91(94)84-82-80-78-76-74-72-70-68-66-64-62-60-58-56-54-52-50-48-43-41-39-37-35-33-31-29-27-25-23-21-19-17-15-13-11-9-7-2/h18-21,24-27,90H,6-17,22-23,28-89H2,1-5H3/b20-18-,21-19-,26-24-,27-25-. The van der Waals surface area contributed by atoms with Crippen LogP contribution < -0.4 is 4.89 Å². The molecule has 0 aromatic heterocycles. The third-order valence-electron chi connectivity index (χ3n) is 20.8. The number of rotatable bonds is 86. The quantitative estimate of drug-likeness (QED) is 0.0195. The molecule has 0 aliphatic carbocycles. The molecule has 0 aliphatic rings. The Bertz CT molecular complexity index is 1860. The third kappa shape index (κ3) is 86.9. The van der Waals surface area contributed by atoms with Crippen LogP contribution in [0.1, 0.15) is 476 Å². The molecular weight excluding hydrogens is 1280 g/mol. The van der Waals surface area contributed by atoms with E-state index in [1.54, 1.807) is 0 Å². The molecule has 0 saturated heterocycles. The van der Waals surface area contributed by atoms with Crippen LogP contribution in [0.5, 0.6) is 0 Å². The SMILES string of the molecule is CCCCCCC/C=C\C/C=C\CCCCCCCCCCCCCCCCCCCCCCCCCCCCCCCC(=O)OC(COC(=O)CCCCCCCCCCCCCCCCCCCCCCCCCCC/C=C\C/C=C\CCCCCCC)COP(=O)([O-])OCC[N+](C)(C)C. The van der Waals surface area contributed by atoms with E-state index in [2.05, 4.69) is 62.5 Å². The highest BCUT2D eigenvalue weighted by Gasteiger charge is 2.22. The Hall–Kier alpha value is -2.03. The Labute approximate surface area is 636 Å². The molecule has 2 unspecified atom stereocenters. The van der Waals surface area contributed by atoms with Crippen molar-refractivity contribution in [3.05, 3.63) is 48.6 Å². The first-order valence-corrected chi connectivity index (χ1v) is 46.8. The Balaban J connectivity index is 3.83. The fourth-order valence-corrected chi connectivity index (χ4v) is 14.6. The predicted octanol–water partition coefficient (Wildman–Crippen LogP) is 30.0. The number of carbonyl (C=O) groups excluding carboxylic acids is 2. The smallest absolute Gasteiger partial charge is 0.306 e. The van der Waals surface area contributed by atoms with Crippen molar-refractivity contribution in [1.82, 2.24) is 0 Å². The topological polar surface area (TPSA) is 111 Å². The summed E-state index contributed by atoms with van der Waals surface area (Å²) in [5.74, 6) is -0.804. The van der Waals surface area contributed by atoms with Crippen LogP contribution in [0.2, 0.25) is 0 Å². The Kier molecular flexibility index (Phi) is 81.4. The minimum atomic E-state index is -4.65. The van der Waals surface area contributed by atoms with Gasteiger partial charge < -0.3 is 27.9 Å². The largest absolute Gasteiger partial charge is 0.756 e. The van der Waals surface area contributed by atoms with E-state index in [0.717, 1.165) is 44.9 Å². The van der Waals surface area contributed by atoms with Gasteiger partial charge in [-0.15, -0.1) is 0 Å². The van der Waals surface area contributed by atoms with Crippen molar-refractivity contribution in [1.29, 1.82) is 0 Å². The maximum Gasteiger partial charge on any atom is 0.306 e. The van der Waals surface area contributed by atoms with Crippen LogP contribution in [0.3, 0.4) is 0 Å². The van der Waals surface area contributed by atoms with Crippen molar-refractivity contribution in [3.8, 4) is 0 Å². The van der Waals surface area contributed by atoms with Gasteiger partial charge in [0.05, 0.1) is 27.7 Å².